The molecule has 1 aliphatic carbocycles. The van der Waals surface area contributed by atoms with Crippen LogP contribution in [0.5, 0.6) is 34.5 Å². The molecule has 1 aromatic heterocycles. The lowest BCUT2D eigenvalue weighted by molar-refractivity contribution is 0.0891. The number of nitrogens with one attached hydrogen (secondary N) is 1. The molecule has 5 rings (SSSR count). The second kappa shape index (κ2) is 13.5. The highest BCUT2D eigenvalue weighted by Crippen LogP contribution is 2.45. The predicted molar refractivity (Wildman–Crippen MR) is 173 cm³/mol. The van der Waals surface area contributed by atoms with E-state index in [9.17, 15) is 4.79 Å². The summed E-state index contributed by atoms with van der Waals surface area (Å²) in [6, 6.07) is 12.8. The van der Waals surface area contributed by atoms with E-state index in [1.807, 2.05) is 30.3 Å². The number of aromatic nitrogens is 2. The van der Waals surface area contributed by atoms with Gasteiger partial charge in [-0.2, -0.15) is 0 Å². The van der Waals surface area contributed by atoms with Crippen molar-refractivity contribution in [1.82, 2.24) is 15.3 Å². The Kier molecular flexibility index (Phi) is 9.51. The minimum absolute atomic E-state index is 0.118. The molecule has 0 aliphatic heterocycles. The Hall–Kier alpha value is -4.73. The molecule has 0 saturated heterocycles. The van der Waals surface area contributed by atoms with E-state index in [0.717, 1.165) is 12.8 Å². The summed E-state index contributed by atoms with van der Waals surface area (Å²) in [6.07, 6.45) is 3.28. The predicted octanol–water partition coefficient (Wildman–Crippen LogP) is 6.57. The summed E-state index contributed by atoms with van der Waals surface area (Å²) in [5.74, 6) is 3.67. The topological polar surface area (TPSA) is 110 Å². The number of amides is 1. The molecule has 10 heteroatoms. The first-order chi connectivity index (χ1) is 21.8. The molecule has 0 unspecified atom stereocenters. The van der Waals surface area contributed by atoms with Crippen molar-refractivity contribution in [2.45, 2.75) is 39.2 Å². The maximum Gasteiger partial charge on any atom is 0.251 e. The van der Waals surface area contributed by atoms with Gasteiger partial charge in [-0.1, -0.05) is 26.7 Å². The van der Waals surface area contributed by atoms with Crippen LogP contribution >= 0.6 is 0 Å². The normalized spacial score (nSPS) is 17.8. The van der Waals surface area contributed by atoms with Gasteiger partial charge in [-0.25, -0.2) is 9.97 Å². The number of carbonyl (C=O) groups is 1. The lowest BCUT2D eigenvalue weighted by atomic mass is 9.78. The van der Waals surface area contributed by atoms with Crippen molar-refractivity contribution >= 4 is 16.9 Å². The van der Waals surface area contributed by atoms with Gasteiger partial charge < -0.3 is 33.7 Å². The SMILES string of the molecule is COc1cc(-c2nc3ccc(C(=O)N[C@@H]4CCC[C@@H](C)[C@@H]4C)cc3nc2-c2cc(OC)c(OC)c(OC)c2)cc(OC)c1OC. The average Bonchev–Trinajstić information content (AvgIpc) is 3.07. The van der Waals surface area contributed by atoms with Crippen LogP contribution in [0.3, 0.4) is 0 Å². The van der Waals surface area contributed by atoms with Crippen LogP contribution in [-0.2, 0) is 0 Å². The molecule has 4 aromatic rings. The Morgan fingerprint density at radius 1 is 0.667 bits per heavy atom. The largest absolute Gasteiger partial charge is 0.493 e. The summed E-state index contributed by atoms with van der Waals surface area (Å²) >= 11 is 0. The molecule has 3 atom stereocenters. The highest BCUT2D eigenvalue weighted by Gasteiger charge is 2.29. The van der Waals surface area contributed by atoms with Crippen LogP contribution in [0, 0.1) is 11.8 Å². The summed E-state index contributed by atoms with van der Waals surface area (Å²) in [5.41, 5.74) is 4.14. The van der Waals surface area contributed by atoms with Crippen molar-refractivity contribution in [2.24, 2.45) is 11.8 Å². The molecule has 0 bridgehead atoms. The number of ether oxygens (including phenoxy) is 6. The van der Waals surface area contributed by atoms with E-state index in [0.29, 0.717) is 85.4 Å². The average molecular weight is 616 g/mol. The maximum absolute atomic E-state index is 13.4. The molecule has 238 valence electrons. The van der Waals surface area contributed by atoms with Gasteiger partial charge in [0, 0.05) is 22.7 Å². The Morgan fingerprint density at radius 2 is 1.16 bits per heavy atom. The van der Waals surface area contributed by atoms with Gasteiger partial charge >= 0.3 is 0 Å². The van der Waals surface area contributed by atoms with Crippen LogP contribution in [0.4, 0.5) is 0 Å². The van der Waals surface area contributed by atoms with E-state index >= 15 is 0 Å². The summed E-state index contributed by atoms with van der Waals surface area (Å²) in [4.78, 5) is 23.6. The van der Waals surface area contributed by atoms with E-state index in [4.69, 9.17) is 38.4 Å². The molecule has 45 heavy (non-hydrogen) atoms. The quantitative estimate of drug-likeness (QED) is 0.212. The smallest absolute Gasteiger partial charge is 0.251 e. The van der Waals surface area contributed by atoms with Gasteiger partial charge in [-0.15, -0.1) is 0 Å². The van der Waals surface area contributed by atoms with Crippen molar-refractivity contribution < 1.29 is 33.2 Å². The summed E-state index contributed by atoms with van der Waals surface area (Å²) < 4.78 is 33.7. The molecule has 1 amide bonds. The van der Waals surface area contributed by atoms with Crippen molar-refractivity contribution in [3.05, 3.63) is 48.0 Å². The second-order valence-electron chi connectivity index (χ2n) is 11.3. The van der Waals surface area contributed by atoms with Crippen molar-refractivity contribution in [2.75, 3.05) is 42.7 Å². The van der Waals surface area contributed by atoms with Crippen LogP contribution in [0.2, 0.25) is 0 Å². The van der Waals surface area contributed by atoms with Crippen molar-refractivity contribution in [3.8, 4) is 57.0 Å². The molecule has 1 aliphatic rings. The number of benzene rings is 3. The first-order valence-electron chi connectivity index (χ1n) is 15.0. The highest BCUT2D eigenvalue weighted by molar-refractivity contribution is 5.98. The molecule has 0 radical (unpaired) electrons. The molecule has 3 aromatic carbocycles. The van der Waals surface area contributed by atoms with Crippen LogP contribution < -0.4 is 33.7 Å². The van der Waals surface area contributed by atoms with Crippen LogP contribution in [0.1, 0.15) is 43.5 Å². The lowest BCUT2D eigenvalue weighted by Gasteiger charge is -2.34. The van der Waals surface area contributed by atoms with Gasteiger partial charge in [-0.3, -0.25) is 4.79 Å². The molecular formula is C35H41N3O7. The lowest BCUT2D eigenvalue weighted by Crippen LogP contribution is -2.43. The molecule has 1 fully saturated rings. The van der Waals surface area contributed by atoms with Gasteiger partial charge in [0.2, 0.25) is 11.5 Å². The number of hydrogen-bond acceptors (Lipinski definition) is 9. The fraction of sp³-hybridized carbons (Fsp3) is 0.400. The third kappa shape index (κ3) is 6.14. The minimum Gasteiger partial charge on any atom is -0.493 e. The second-order valence-corrected chi connectivity index (χ2v) is 11.3. The molecule has 10 nitrogen and oxygen atoms in total. The molecule has 1 N–H and O–H groups in total. The fourth-order valence-electron chi connectivity index (χ4n) is 6.07. The van der Waals surface area contributed by atoms with E-state index in [1.54, 1.807) is 54.8 Å². The zero-order valence-electron chi connectivity index (χ0n) is 27.1. The zero-order chi connectivity index (χ0) is 32.2. The Bertz CT molecular complexity index is 1660. The highest BCUT2D eigenvalue weighted by atomic mass is 16.5. The maximum atomic E-state index is 13.4. The standard InChI is InChI=1S/C35H41N3O7/c1-19-10-9-11-24(20(19)2)38-35(39)21-12-13-25-26(14-21)37-32(23-17-29(42-5)34(45-8)30(18-23)43-6)31(36-25)22-15-27(40-3)33(44-7)28(16-22)41-4/h12-20,24H,9-11H2,1-8H3,(H,38,39)/t19-,20+,24-/m1/s1. The molecular weight excluding hydrogens is 574 g/mol. The van der Waals surface area contributed by atoms with E-state index in [1.165, 1.54) is 6.42 Å². The number of fused-ring (bicyclic) bond motifs is 1. The molecule has 1 heterocycles. The monoisotopic (exact) mass is 615 g/mol. The first-order valence-corrected chi connectivity index (χ1v) is 15.0. The van der Waals surface area contributed by atoms with Crippen LogP contribution in [-0.4, -0.2) is 64.6 Å². The number of hydrogen-bond donors (Lipinski definition) is 1. The first kappa shape index (κ1) is 31.7. The Balaban J connectivity index is 1.69. The van der Waals surface area contributed by atoms with E-state index in [-0.39, 0.29) is 11.9 Å². The van der Waals surface area contributed by atoms with Crippen LogP contribution in [0.15, 0.2) is 42.5 Å². The van der Waals surface area contributed by atoms with Gasteiger partial charge in [-0.05, 0) is 60.7 Å². The summed E-state index contributed by atoms with van der Waals surface area (Å²) in [5, 5.41) is 3.27. The van der Waals surface area contributed by atoms with Gasteiger partial charge in [0.25, 0.3) is 5.91 Å². The minimum atomic E-state index is -0.118. The van der Waals surface area contributed by atoms with Gasteiger partial charge in [0.15, 0.2) is 23.0 Å². The van der Waals surface area contributed by atoms with Crippen molar-refractivity contribution in [1.29, 1.82) is 0 Å². The Morgan fingerprint density at radius 3 is 1.62 bits per heavy atom. The number of methoxy groups -OCH3 is 6. The van der Waals surface area contributed by atoms with Gasteiger partial charge in [0.05, 0.1) is 65.1 Å². The van der Waals surface area contributed by atoms with Crippen LogP contribution in [0.25, 0.3) is 33.5 Å². The van der Waals surface area contributed by atoms with E-state index < -0.39 is 0 Å². The summed E-state index contributed by atoms with van der Waals surface area (Å²) in [7, 11) is 9.36. The Labute approximate surface area is 264 Å². The third-order valence-corrected chi connectivity index (χ3v) is 8.83. The van der Waals surface area contributed by atoms with Gasteiger partial charge in [0.1, 0.15) is 0 Å². The van der Waals surface area contributed by atoms with Crippen molar-refractivity contribution in [3.63, 3.8) is 0 Å². The number of rotatable bonds is 10. The molecule has 1 saturated carbocycles. The zero-order valence-corrected chi connectivity index (χ0v) is 27.1. The summed E-state index contributed by atoms with van der Waals surface area (Å²) in [6.45, 7) is 4.47. The molecule has 0 spiro atoms. The van der Waals surface area contributed by atoms with E-state index in [2.05, 4.69) is 19.2 Å². The fourth-order valence-corrected chi connectivity index (χ4v) is 6.07. The number of carbonyl (C=O) groups excluding carboxylic acids is 1. The number of nitrogens with zero attached hydrogens (tertiary/aromatic N) is 2. The third-order valence-electron chi connectivity index (χ3n) is 8.83.